The number of hydrogen-bond donors (Lipinski definition) is 5. The molecule has 0 aromatic carbocycles. The number of hydrogen-bond acceptors (Lipinski definition) is 9. The zero-order chi connectivity index (χ0) is 27.9. The summed E-state index contributed by atoms with van der Waals surface area (Å²) in [6, 6.07) is 3.18. The topological polar surface area (TPSA) is 150 Å². The van der Waals surface area contributed by atoms with Crippen LogP contribution in [-0.2, 0) is 9.47 Å². The summed E-state index contributed by atoms with van der Waals surface area (Å²) in [7, 11) is 0. The summed E-state index contributed by atoms with van der Waals surface area (Å²) in [5.74, 6) is 0.0366. The monoisotopic (exact) mass is 546 g/mol. The van der Waals surface area contributed by atoms with E-state index in [0.29, 0.717) is 19.3 Å². The van der Waals surface area contributed by atoms with E-state index in [4.69, 9.17) is 13.9 Å². The minimum absolute atomic E-state index is 0.0345. The maximum absolute atomic E-state index is 12.4. The van der Waals surface area contributed by atoms with Gasteiger partial charge in [-0.1, -0.05) is 25.5 Å². The van der Waals surface area contributed by atoms with E-state index in [1.165, 1.54) is 17.9 Å². The van der Waals surface area contributed by atoms with Gasteiger partial charge in [0.1, 0.15) is 18.3 Å². The number of ether oxygens (including phenoxy) is 2. The van der Waals surface area contributed by atoms with Crippen LogP contribution < -0.4 is 5.63 Å². The van der Waals surface area contributed by atoms with Crippen molar-refractivity contribution in [1.29, 1.82) is 0 Å². The van der Waals surface area contributed by atoms with Crippen LogP contribution in [0, 0.1) is 22.7 Å². The van der Waals surface area contributed by atoms with E-state index in [2.05, 4.69) is 13.0 Å². The van der Waals surface area contributed by atoms with Crippen molar-refractivity contribution in [3.05, 3.63) is 46.0 Å². The van der Waals surface area contributed by atoms with Crippen LogP contribution in [0.4, 0.5) is 0 Å². The van der Waals surface area contributed by atoms with Crippen LogP contribution in [0.25, 0.3) is 0 Å². The lowest BCUT2D eigenvalue weighted by atomic mass is 9.44. The molecule has 13 atom stereocenters. The lowest BCUT2D eigenvalue weighted by Crippen LogP contribution is -2.65. The largest absolute Gasteiger partial charge is 0.431 e. The van der Waals surface area contributed by atoms with Gasteiger partial charge in [0, 0.05) is 11.5 Å². The van der Waals surface area contributed by atoms with Gasteiger partial charge in [-0.25, -0.2) is 4.79 Å². The molecule has 0 bridgehead atoms. The summed E-state index contributed by atoms with van der Waals surface area (Å²) >= 11 is 0. The Morgan fingerprint density at radius 3 is 2.46 bits per heavy atom. The Kier molecular flexibility index (Phi) is 6.70. The molecule has 1 aromatic heterocycles. The van der Waals surface area contributed by atoms with Gasteiger partial charge in [0.25, 0.3) is 0 Å². The van der Waals surface area contributed by atoms with E-state index in [9.17, 15) is 30.3 Å². The first-order chi connectivity index (χ1) is 18.4. The molecule has 4 aliphatic carbocycles. The fraction of sp³-hybridized carbons (Fsp3) is 0.767. The summed E-state index contributed by atoms with van der Waals surface area (Å²) in [4.78, 5) is 11.6. The Morgan fingerprint density at radius 1 is 0.974 bits per heavy atom. The number of aliphatic hydroxyl groups excluding tert-OH is 4. The van der Waals surface area contributed by atoms with E-state index in [1.807, 2.05) is 6.92 Å². The fourth-order valence-corrected chi connectivity index (χ4v) is 9.16. The molecule has 5 aliphatic rings. The Hall–Kier alpha value is -1.59. The smallest absolute Gasteiger partial charge is 0.335 e. The van der Waals surface area contributed by atoms with E-state index >= 15 is 0 Å². The third-order valence-corrected chi connectivity index (χ3v) is 11.6. The molecule has 6 rings (SSSR count). The van der Waals surface area contributed by atoms with Gasteiger partial charge in [-0.05, 0) is 86.7 Å². The van der Waals surface area contributed by atoms with Crippen LogP contribution in [0.3, 0.4) is 0 Å². The zero-order valence-corrected chi connectivity index (χ0v) is 22.9. The van der Waals surface area contributed by atoms with E-state index < -0.39 is 53.5 Å². The van der Waals surface area contributed by atoms with Crippen molar-refractivity contribution in [1.82, 2.24) is 0 Å². The predicted octanol–water partition coefficient (Wildman–Crippen LogP) is 1.98. The quantitative estimate of drug-likeness (QED) is 0.359. The third-order valence-electron chi connectivity index (χ3n) is 11.6. The van der Waals surface area contributed by atoms with E-state index in [-0.39, 0.29) is 29.3 Å². The second-order valence-electron chi connectivity index (χ2n) is 13.2. The molecule has 39 heavy (non-hydrogen) atoms. The highest BCUT2D eigenvalue weighted by Gasteiger charge is 2.70. The molecule has 4 fully saturated rings. The molecule has 9 nitrogen and oxygen atoms in total. The van der Waals surface area contributed by atoms with Crippen LogP contribution >= 0.6 is 0 Å². The van der Waals surface area contributed by atoms with Crippen molar-refractivity contribution in [2.24, 2.45) is 22.7 Å². The van der Waals surface area contributed by atoms with Gasteiger partial charge in [0.2, 0.25) is 0 Å². The Morgan fingerprint density at radius 2 is 1.74 bits per heavy atom. The minimum Gasteiger partial charge on any atom is -0.431 e. The Balaban J connectivity index is 1.24. The molecular weight excluding hydrogens is 504 g/mol. The lowest BCUT2D eigenvalue weighted by Gasteiger charge is -2.63. The SMILES string of the molecule is CC1OC(OC2C=C3CCC4C(CC(O)C5(C)C(c6ccc(=O)oc6)CCC45O)C3(C)CC2)C(O)C(O)C1O. The maximum Gasteiger partial charge on any atom is 0.335 e. The summed E-state index contributed by atoms with van der Waals surface area (Å²) in [6.45, 7) is 5.90. The lowest BCUT2D eigenvalue weighted by molar-refractivity contribution is -0.301. The molecule has 1 aromatic rings. The fourth-order valence-electron chi connectivity index (χ4n) is 9.16. The first kappa shape index (κ1) is 27.6. The Labute approximate surface area is 228 Å². The average molecular weight is 547 g/mol. The second kappa shape index (κ2) is 9.48. The van der Waals surface area contributed by atoms with Crippen LogP contribution in [0.15, 0.2) is 39.3 Å². The predicted molar refractivity (Wildman–Crippen MR) is 140 cm³/mol. The molecule has 0 radical (unpaired) electrons. The van der Waals surface area contributed by atoms with Gasteiger partial charge >= 0.3 is 5.63 Å². The molecule has 0 amide bonds. The van der Waals surface area contributed by atoms with Crippen molar-refractivity contribution in [2.75, 3.05) is 0 Å². The zero-order valence-electron chi connectivity index (χ0n) is 22.9. The summed E-state index contributed by atoms with van der Waals surface area (Å²) in [5, 5.41) is 54.7. The molecule has 1 aliphatic heterocycles. The molecule has 5 N–H and O–H groups in total. The third kappa shape index (κ3) is 3.95. The van der Waals surface area contributed by atoms with Crippen molar-refractivity contribution in [3.63, 3.8) is 0 Å². The van der Waals surface area contributed by atoms with E-state index in [1.54, 1.807) is 13.0 Å². The van der Waals surface area contributed by atoms with E-state index in [0.717, 1.165) is 31.2 Å². The highest BCUT2D eigenvalue weighted by molar-refractivity contribution is 5.32. The van der Waals surface area contributed by atoms with Crippen LogP contribution in [0.1, 0.15) is 77.2 Å². The van der Waals surface area contributed by atoms with Gasteiger partial charge < -0.3 is 39.4 Å². The maximum atomic E-state index is 12.4. The normalized spacial score (nSPS) is 51.4. The molecule has 1 saturated heterocycles. The van der Waals surface area contributed by atoms with Gasteiger partial charge in [-0.15, -0.1) is 0 Å². The summed E-state index contributed by atoms with van der Waals surface area (Å²) in [6.07, 6.45) is 2.04. The summed E-state index contributed by atoms with van der Waals surface area (Å²) in [5.41, 5.74) is -0.294. The first-order valence-electron chi connectivity index (χ1n) is 14.5. The molecule has 9 heteroatoms. The highest BCUT2D eigenvalue weighted by Crippen LogP contribution is 2.70. The van der Waals surface area contributed by atoms with Gasteiger partial charge in [-0.2, -0.15) is 0 Å². The Bertz CT molecular complexity index is 1160. The highest BCUT2D eigenvalue weighted by atomic mass is 16.7. The average Bonchev–Trinajstić information content (AvgIpc) is 3.20. The van der Waals surface area contributed by atoms with Crippen LogP contribution in [0.5, 0.6) is 0 Å². The summed E-state index contributed by atoms with van der Waals surface area (Å²) < 4.78 is 16.9. The molecule has 13 unspecified atom stereocenters. The van der Waals surface area contributed by atoms with Gasteiger partial charge in [-0.3, -0.25) is 0 Å². The van der Waals surface area contributed by atoms with Gasteiger partial charge in [0.15, 0.2) is 6.29 Å². The molecule has 2 heterocycles. The van der Waals surface area contributed by atoms with Gasteiger partial charge in [0.05, 0.1) is 30.2 Å². The second-order valence-corrected chi connectivity index (χ2v) is 13.2. The van der Waals surface area contributed by atoms with Crippen LogP contribution in [0.2, 0.25) is 0 Å². The minimum atomic E-state index is -1.34. The standard InChI is InChI=1S/C30H42O9/c1-15-24(33)25(34)26(35)27(38-15)39-18-8-10-28(2)17(12-18)5-6-20-21(28)13-22(31)29(3)19(9-11-30(20,29)36)16-4-7-23(32)37-14-16/h4,7,12,14-15,18-22,24-27,31,33-36H,5-6,8-11,13H2,1-3H3. The van der Waals surface area contributed by atoms with Crippen molar-refractivity contribution >= 4 is 0 Å². The molecule has 0 spiro atoms. The molecule has 216 valence electrons. The molecule has 3 saturated carbocycles. The number of rotatable bonds is 3. The van der Waals surface area contributed by atoms with Crippen molar-refractivity contribution in [3.8, 4) is 0 Å². The van der Waals surface area contributed by atoms with Crippen molar-refractivity contribution < 1.29 is 39.4 Å². The first-order valence-corrected chi connectivity index (χ1v) is 14.5. The van der Waals surface area contributed by atoms with Crippen LogP contribution in [-0.4, -0.2) is 74.0 Å². The molecular formula is C30H42O9. The van der Waals surface area contributed by atoms with Crippen molar-refractivity contribution in [2.45, 2.75) is 120 Å². The number of aliphatic hydroxyl groups is 5. The number of fused-ring (bicyclic) bond motifs is 5. The number of allylic oxidation sites excluding steroid dienone is 1.